The predicted molar refractivity (Wildman–Crippen MR) is 123 cm³/mol. The second-order valence-corrected chi connectivity index (χ2v) is 9.03. The molecule has 8 heteroatoms. The zero-order valence-electron chi connectivity index (χ0n) is 19.5. The van der Waals surface area contributed by atoms with Crippen LogP contribution in [-0.4, -0.2) is 79.7 Å². The minimum Gasteiger partial charge on any atom is -0.444 e. The number of piperidine rings is 1. The third-order valence-corrected chi connectivity index (χ3v) is 4.83. The maximum Gasteiger partial charge on any atom is 0.410 e. The highest BCUT2D eigenvalue weighted by Gasteiger charge is 2.28. The highest BCUT2D eigenvalue weighted by atomic mass is 16.6. The maximum absolute atomic E-state index is 12.4. The molecule has 1 aliphatic rings. The van der Waals surface area contributed by atoms with Crippen molar-refractivity contribution >= 4 is 18.0 Å². The largest absolute Gasteiger partial charge is 0.444 e. The third-order valence-electron chi connectivity index (χ3n) is 4.83. The molecule has 8 nitrogen and oxygen atoms in total. The van der Waals surface area contributed by atoms with E-state index in [1.807, 2.05) is 39.0 Å². The Bertz CT molecular complexity index is 743. The molecule has 2 N–H and O–H groups in total. The van der Waals surface area contributed by atoms with Gasteiger partial charge in [-0.2, -0.15) is 0 Å². The molecule has 172 valence electrons. The summed E-state index contributed by atoms with van der Waals surface area (Å²) in [6.45, 7) is 7.58. The number of rotatable bonds is 6. The Morgan fingerprint density at radius 3 is 2.58 bits per heavy atom. The Morgan fingerprint density at radius 2 is 1.94 bits per heavy atom. The molecule has 1 heterocycles. The maximum atomic E-state index is 12.4. The lowest BCUT2D eigenvalue weighted by atomic mass is 10.1. The minimum atomic E-state index is -0.518. The normalized spacial score (nSPS) is 17.1. The van der Waals surface area contributed by atoms with Crippen LogP contribution in [0.3, 0.4) is 0 Å². The fourth-order valence-electron chi connectivity index (χ4n) is 3.19. The summed E-state index contributed by atoms with van der Waals surface area (Å²) in [5.74, 6) is 0.519. The standard InChI is InChI=1S/C23H37N5O3/c1-23(2,3)31-22(30)28-15-9-12-19(17-28)26-21(25-16-20(29)27(4)5)24-14-13-18-10-7-6-8-11-18/h6-8,10-11,19H,9,12-17H2,1-5H3,(H2,24,25,26). The van der Waals surface area contributed by atoms with Crippen molar-refractivity contribution in [3.63, 3.8) is 0 Å². The predicted octanol–water partition coefficient (Wildman–Crippen LogP) is 2.25. The lowest BCUT2D eigenvalue weighted by Gasteiger charge is -2.35. The van der Waals surface area contributed by atoms with Crippen molar-refractivity contribution in [2.75, 3.05) is 40.3 Å². The molecule has 1 unspecified atom stereocenters. The number of aliphatic imine (C=N–C) groups is 1. The summed E-state index contributed by atoms with van der Waals surface area (Å²) in [7, 11) is 3.43. The average molecular weight is 432 g/mol. The number of amides is 2. The number of likely N-dealkylation sites (N-methyl/N-ethyl adjacent to an activating group) is 1. The van der Waals surface area contributed by atoms with E-state index >= 15 is 0 Å². The first-order valence-electron chi connectivity index (χ1n) is 10.9. The van der Waals surface area contributed by atoms with Gasteiger partial charge in [0, 0.05) is 39.8 Å². The second kappa shape index (κ2) is 11.6. The Balaban J connectivity index is 1.97. The van der Waals surface area contributed by atoms with Crippen molar-refractivity contribution in [1.29, 1.82) is 0 Å². The molecule has 0 spiro atoms. The molecule has 2 amide bonds. The van der Waals surface area contributed by atoms with Gasteiger partial charge in [-0.05, 0) is 45.6 Å². The Morgan fingerprint density at radius 1 is 1.23 bits per heavy atom. The summed E-state index contributed by atoms with van der Waals surface area (Å²) in [5, 5.41) is 6.73. The molecule has 0 bridgehead atoms. The zero-order chi connectivity index (χ0) is 22.9. The van der Waals surface area contributed by atoms with E-state index in [9.17, 15) is 9.59 Å². The van der Waals surface area contributed by atoms with E-state index in [1.165, 1.54) is 10.5 Å². The number of guanidine groups is 1. The highest BCUT2D eigenvalue weighted by Crippen LogP contribution is 2.15. The number of ether oxygens (including phenoxy) is 1. The number of nitrogens with zero attached hydrogens (tertiary/aromatic N) is 3. The molecule has 31 heavy (non-hydrogen) atoms. The Labute approximate surface area is 186 Å². The van der Waals surface area contributed by atoms with Crippen molar-refractivity contribution in [1.82, 2.24) is 20.4 Å². The molecule has 0 saturated carbocycles. The van der Waals surface area contributed by atoms with Gasteiger partial charge >= 0.3 is 6.09 Å². The van der Waals surface area contributed by atoms with Gasteiger partial charge in [-0.1, -0.05) is 30.3 Å². The quantitative estimate of drug-likeness (QED) is 0.533. The van der Waals surface area contributed by atoms with Crippen molar-refractivity contribution in [2.45, 2.75) is 51.7 Å². The molecule has 1 aromatic rings. The van der Waals surface area contributed by atoms with Gasteiger partial charge in [0.15, 0.2) is 5.96 Å². The van der Waals surface area contributed by atoms with Crippen LogP contribution < -0.4 is 10.6 Å². The van der Waals surface area contributed by atoms with E-state index in [4.69, 9.17) is 4.74 Å². The molecule has 1 atom stereocenters. The summed E-state index contributed by atoms with van der Waals surface area (Å²) >= 11 is 0. The van der Waals surface area contributed by atoms with Crippen LogP contribution in [0.1, 0.15) is 39.2 Å². The van der Waals surface area contributed by atoms with E-state index in [1.54, 1.807) is 19.0 Å². The molecular weight excluding hydrogens is 394 g/mol. The van der Waals surface area contributed by atoms with Crippen LogP contribution in [0.2, 0.25) is 0 Å². The van der Waals surface area contributed by atoms with E-state index in [0.717, 1.165) is 19.3 Å². The van der Waals surface area contributed by atoms with Gasteiger partial charge in [-0.3, -0.25) is 4.79 Å². The van der Waals surface area contributed by atoms with Gasteiger partial charge in [-0.15, -0.1) is 0 Å². The fraction of sp³-hybridized carbons (Fsp3) is 0.609. The summed E-state index contributed by atoms with van der Waals surface area (Å²) < 4.78 is 5.51. The summed E-state index contributed by atoms with van der Waals surface area (Å²) in [4.78, 5) is 32.2. The summed E-state index contributed by atoms with van der Waals surface area (Å²) in [6.07, 6.45) is 2.35. The van der Waals surface area contributed by atoms with Gasteiger partial charge in [0.25, 0.3) is 0 Å². The topological polar surface area (TPSA) is 86.3 Å². The monoisotopic (exact) mass is 431 g/mol. The van der Waals surface area contributed by atoms with Gasteiger partial charge in [-0.25, -0.2) is 9.79 Å². The summed E-state index contributed by atoms with van der Waals surface area (Å²) in [5.41, 5.74) is 0.711. The van der Waals surface area contributed by atoms with Crippen molar-refractivity contribution < 1.29 is 14.3 Å². The zero-order valence-corrected chi connectivity index (χ0v) is 19.5. The van der Waals surface area contributed by atoms with Gasteiger partial charge < -0.3 is 25.2 Å². The van der Waals surface area contributed by atoms with Gasteiger partial charge in [0.2, 0.25) is 5.91 Å². The SMILES string of the molecule is CN(C)C(=O)CN=C(NCCc1ccccc1)NC1CCCN(C(=O)OC(C)(C)C)C1. The van der Waals surface area contributed by atoms with E-state index in [-0.39, 0.29) is 24.6 Å². The first-order valence-corrected chi connectivity index (χ1v) is 10.9. The third kappa shape index (κ3) is 9.27. The number of hydrogen-bond donors (Lipinski definition) is 2. The number of hydrogen-bond acceptors (Lipinski definition) is 4. The second-order valence-electron chi connectivity index (χ2n) is 9.03. The van der Waals surface area contributed by atoms with Crippen LogP contribution in [-0.2, 0) is 16.0 Å². The summed E-state index contributed by atoms with van der Waals surface area (Å²) in [6, 6.07) is 10.2. The molecule has 1 aromatic carbocycles. The van der Waals surface area contributed by atoms with Crippen molar-refractivity contribution in [3.8, 4) is 0 Å². The molecule has 0 aliphatic carbocycles. The van der Waals surface area contributed by atoms with Crippen LogP contribution in [0.4, 0.5) is 4.79 Å². The number of likely N-dealkylation sites (tertiary alicyclic amines) is 1. The number of carbonyl (C=O) groups excluding carboxylic acids is 2. The van der Waals surface area contributed by atoms with Crippen LogP contribution in [0.25, 0.3) is 0 Å². The number of benzene rings is 1. The number of nitrogens with one attached hydrogen (secondary N) is 2. The van der Waals surface area contributed by atoms with Gasteiger partial charge in [0.05, 0.1) is 0 Å². The molecule has 0 radical (unpaired) electrons. The average Bonchev–Trinajstić information content (AvgIpc) is 2.71. The molecule has 1 aliphatic heterocycles. The first kappa shape index (κ1) is 24.5. The molecule has 1 fully saturated rings. The minimum absolute atomic E-state index is 0.0405. The fourth-order valence-corrected chi connectivity index (χ4v) is 3.19. The van der Waals surface area contributed by atoms with E-state index < -0.39 is 5.60 Å². The van der Waals surface area contributed by atoms with Crippen molar-refractivity contribution in [3.05, 3.63) is 35.9 Å². The Hall–Kier alpha value is -2.77. The van der Waals surface area contributed by atoms with Gasteiger partial charge in [0.1, 0.15) is 12.1 Å². The van der Waals surface area contributed by atoms with Crippen LogP contribution in [0.5, 0.6) is 0 Å². The van der Waals surface area contributed by atoms with E-state index in [0.29, 0.717) is 25.6 Å². The smallest absolute Gasteiger partial charge is 0.410 e. The van der Waals surface area contributed by atoms with Crippen LogP contribution in [0.15, 0.2) is 35.3 Å². The van der Waals surface area contributed by atoms with Crippen LogP contribution in [0, 0.1) is 0 Å². The van der Waals surface area contributed by atoms with Crippen LogP contribution >= 0.6 is 0 Å². The lowest BCUT2D eigenvalue weighted by molar-refractivity contribution is -0.127. The molecule has 1 saturated heterocycles. The van der Waals surface area contributed by atoms with Crippen molar-refractivity contribution in [2.24, 2.45) is 4.99 Å². The lowest BCUT2D eigenvalue weighted by Crippen LogP contribution is -2.53. The Kier molecular flexibility index (Phi) is 9.15. The highest BCUT2D eigenvalue weighted by molar-refractivity contribution is 5.85. The first-order chi connectivity index (χ1) is 14.6. The molecule has 0 aromatic heterocycles. The number of carbonyl (C=O) groups is 2. The van der Waals surface area contributed by atoms with E-state index in [2.05, 4.69) is 27.8 Å². The molecular formula is C23H37N5O3. The molecule has 2 rings (SSSR count).